The monoisotopic (exact) mass is 270 g/mol. The third-order valence-electron chi connectivity index (χ3n) is 3.18. The van der Waals surface area contributed by atoms with Gasteiger partial charge in [-0.15, -0.1) is 0 Å². The van der Waals surface area contributed by atoms with Gasteiger partial charge in [0.25, 0.3) is 0 Å². The molecule has 0 atom stereocenters. The van der Waals surface area contributed by atoms with E-state index in [9.17, 15) is 0 Å². The molecule has 0 amide bonds. The Balaban J connectivity index is 2.52. The maximum atomic E-state index is 5.52. The van der Waals surface area contributed by atoms with Crippen molar-refractivity contribution in [2.45, 2.75) is 34.1 Å². The van der Waals surface area contributed by atoms with Crippen LogP contribution in [0.25, 0.3) is 11.4 Å². The molecule has 0 saturated carbocycles. The predicted molar refractivity (Wildman–Crippen MR) is 83.3 cm³/mol. The summed E-state index contributed by atoms with van der Waals surface area (Å²) in [4.78, 5) is 9.17. The lowest BCUT2D eigenvalue weighted by molar-refractivity contribution is 0.635. The fraction of sp³-hybridized carbons (Fsp3) is 0.375. The topological polar surface area (TPSA) is 63.8 Å². The lowest BCUT2D eigenvalue weighted by Crippen LogP contribution is -2.11. The molecule has 4 heteroatoms. The van der Waals surface area contributed by atoms with Crippen molar-refractivity contribution >= 4 is 5.82 Å². The number of aryl methyl sites for hydroxylation is 2. The molecule has 0 aliphatic carbocycles. The van der Waals surface area contributed by atoms with E-state index < -0.39 is 0 Å². The van der Waals surface area contributed by atoms with Crippen molar-refractivity contribution in [3.05, 3.63) is 41.1 Å². The third-order valence-corrected chi connectivity index (χ3v) is 3.18. The van der Waals surface area contributed by atoms with Gasteiger partial charge in [-0.2, -0.15) is 0 Å². The van der Waals surface area contributed by atoms with E-state index in [-0.39, 0.29) is 0 Å². The minimum absolute atomic E-state index is 0.544. The summed E-state index contributed by atoms with van der Waals surface area (Å²) in [5.41, 5.74) is 7.08. The Morgan fingerprint density at radius 3 is 2.55 bits per heavy atom. The Morgan fingerprint density at radius 2 is 1.90 bits per heavy atom. The number of benzene rings is 1. The molecule has 0 radical (unpaired) electrons. The Labute approximate surface area is 120 Å². The van der Waals surface area contributed by atoms with E-state index in [1.165, 1.54) is 11.1 Å². The molecule has 0 aliphatic heterocycles. The van der Waals surface area contributed by atoms with Crippen LogP contribution < -0.4 is 11.3 Å². The summed E-state index contributed by atoms with van der Waals surface area (Å²) in [6.45, 7) is 8.50. The highest BCUT2D eigenvalue weighted by molar-refractivity contribution is 5.62. The van der Waals surface area contributed by atoms with Crippen molar-refractivity contribution in [3.8, 4) is 11.4 Å². The molecule has 0 bridgehead atoms. The molecule has 20 heavy (non-hydrogen) atoms. The van der Waals surface area contributed by atoms with Gasteiger partial charge in [0, 0.05) is 17.3 Å². The molecule has 0 unspecified atom stereocenters. The van der Waals surface area contributed by atoms with Crippen LogP contribution in [0.2, 0.25) is 0 Å². The number of nitrogens with two attached hydrogens (primary N) is 1. The molecule has 1 aromatic heterocycles. The first-order chi connectivity index (χ1) is 9.49. The average Bonchev–Trinajstić information content (AvgIpc) is 2.40. The lowest BCUT2D eigenvalue weighted by Gasteiger charge is -2.11. The smallest absolute Gasteiger partial charge is 0.162 e. The number of aromatic nitrogens is 2. The van der Waals surface area contributed by atoms with Crippen LogP contribution in [-0.2, 0) is 6.42 Å². The molecule has 2 rings (SSSR count). The minimum atomic E-state index is 0.544. The zero-order valence-electron chi connectivity index (χ0n) is 12.6. The molecule has 3 N–H and O–H groups in total. The van der Waals surface area contributed by atoms with Crippen LogP contribution in [-0.4, -0.2) is 9.97 Å². The van der Waals surface area contributed by atoms with Gasteiger partial charge in [0.15, 0.2) is 5.82 Å². The fourth-order valence-electron chi connectivity index (χ4n) is 2.19. The van der Waals surface area contributed by atoms with E-state index in [1.807, 2.05) is 6.07 Å². The van der Waals surface area contributed by atoms with Crippen molar-refractivity contribution in [1.29, 1.82) is 0 Å². The first kappa shape index (κ1) is 14.5. The van der Waals surface area contributed by atoms with Gasteiger partial charge in [0.05, 0.1) is 0 Å². The number of hydrogen-bond acceptors (Lipinski definition) is 4. The van der Waals surface area contributed by atoms with Gasteiger partial charge in [-0.25, -0.2) is 15.8 Å². The third kappa shape index (κ3) is 3.33. The molecule has 0 fully saturated rings. The largest absolute Gasteiger partial charge is 0.308 e. The maximum absolute atomic E-state index is 5.52. The first-order valence-electron chi connectivity index (χ1n) is 6.91. The molecule has 1 heterocycles. The van der Waals surface area contributed by atoms with Crippen LogP contribution in [0.4, 0.5) is 5.82 Å². The zero-order valence-corrected chi connectivity index (χ0v) is 12.6. The summed E-state index contributed by atoms with van der Waals surface area (Å²) < 4.78 is 0. The Bertz CT molecular complexity index is 605. The predicted octanol–water partition coefficient (Wildman–Crippen LogP) is 3.24. The second-order valence-corrected chi connectivity index (χ2v) is 5.63. The normalized spacial score (nSPS) is 10.9. The summed E-state index contributed by atoms with van der Waals surface area (Å²) >= 11 is 0. The van der Waals surface area contributed by atoms with Gasteiger partial charge in [-0.1, -0.05) is 31.5 Å². The van der Waals surface area contributed by atoms with E-state index in [2.05, 4.69) is 61.3 Å². The number of hydrazine groups is 1. The molecule has 4 nitrogen and oxygen atoms in total. The Kier molecular flexibility index (Phi) is 4.35. The van der Waals surface area contributed by atoms with Gasteiger partial charge in [-0.3, -0.25) is 0 Å². The van der Waals surface area contributed by atoms with Crippen LogP contribution in [0.3, 0.4) is 0 Å². The Hall–Kier alpha value is -1.94. The van der Waals surface area contributed by atoms with Gasteiger partial charge < -0.3 is 5.43 Å². The summed E-state index contributed by atoms with van der Waals surface area (Å²) in [5, 5.41) is 0. The van der Waals surface area contributed by atoms with Crippen LogP contribution in [0, 0.1) is 19.8 Å². The molecule has 2 aromatic rings. The minimum Gasteiger partial charge on any atom is -0.308 e. The highest BCUT2D eigenvalue weighted by Crippen LogP contribution is 2.23. The van der Waals surface area contributed by atoms with Gasteiger partial charge >= 0.3 is 0 Å². The molecule has 0 saturated heterocycles. The average molecular weight is 270 g/mol. The SMILES string of the molecule is Cc1ccc(C)c(-c2nc(CC(C)C)cc(NN)n2)c1. The second-order valence-electron chi connectivity index (χ2n) is 5.63. The summed E-state index contributed by atoms with van der Waals surface area (Å²) in [6, 6.07) is 8.22. The van der Waals surface area contributed by atoms with Crippen LogP contribution >= 0.6 is 0 Å². The molecule has 1 aromatic carbocycles. The van der Waals surface area contributed by atoms with Crippen molar-refractivity contribution in [1.82, 2.24) is 9.97 Å². The molecule has 0 spiro atoms. The molecular formula is C16H22N4. The number of rotatable bonds is 4. The summed E-state index contributed by atoms with van der Waals surface area (Å²) in [6.07, 6.45) is 0.912. The van der Waals surface area contributed by atoms with E-state index in [1.54, 1.807) is 0 Å². The van der Waals surface area contributed by atoms with Crippen molar-refractivity contribution in [3.63, 3.8) is 0 Å². The molecule has 106 valence electrons. The van der Waals surface area contributed by atoms with Crippen molar-refractivity contribution < 1.29 is 0 Å². The number of nitrogen functional groups attached to an aromatic ring is 1. The Morgan fingerprint density at radius 1 is 1.15 bits per heavy atom. The second kappa shape index (κ2) is 6.01. The van der Waals surface area contributed by atoms with Crippen molar-refractivity contribution in [2.24, 2.45) is 11.8 Å². The molecule has 0 aliphatic rings. The summed E-state index contributed by atoms with van der Waals surface area (Å²) in [5.74, 6) is 7.46. The van der Waals surface area contributed by atoms with Crippen LogP contribution in [0.5, 0.6) is 0 Å². The van der Waals surface area contributed by atoms with Gasteiger partial charge in [0.2, 0.25) is 0 Å². The highest BCUT2D eigenvalue weighted by Gasteiger charge is 2.10. The van der Waals surface area contributed by atoms with Gasteiger partial charge in [-0.05, 0) is 37.8 Å². The number of hydrogen-bond donors (Lipinski definition) is 2. The quantitative estimate of drug-likeness (QED) is 0.661. The zero-order chi connectivity index (χ0) is 14.7. The lowest BCUT2D eigenvalue weighted by atomic mass is 10.0. The number of anilines is 1. The number of nitrogens with zero attached hydrogens (tertiary/aromatic N) is 2. The van der Waals surface area contributed by atoms with Crippen molar-refractivity contribution in [2.75, 3.05) is 5.43 Å². The van der Waals surface area contributed by atoms with E-state index in [4.69, 9.17) is 5.84 Å². The fourth-order valence-corrected chi connectivity index (χ4v) is 2.19. The van der Waals surface area contributed by atoms with Crippen LogP contribution in [0.1, 0.15) is 30.7 Å². The first-order valence-corrected chi connectivity index (χ1v) is 6.91. The summed E-state index contributed by atoms with van der Waals surface area (Å²) in [7, 11) is 0. The van der Waals surface area contributed by atoms with Crippen LogP contribution in [0.15, 0.2) is 24.3 Å². The highest BCUT2D eigenvalue weighted by atomic mass is 15.3. The van der Waals surface area contributed by atoms with E-state index >= 15 is 0 Å². The van der Waals surface area contributed by atoms with E-state index in [0.29, 0.717) is 11.7 Å². The number of nitrogens with one attached hydrogen (secondary N) is 1. The molecular weight excluding hydrogens is 248 g/mol. The van der Waals surface area contributed by atoms with Gasteiger partial charge in [0.1, 0.15) is 5.82 Å². The maximum Gasteiger partial charge on any atom is 0.162 e. The van der Waals surface area contributed by atoms with E-state index in [0.717, 1.165) is 23.5 Å². The standard InChI is InChI=1S/C16H22N4/c1-10(2)7-13-9-15(20-17)19-16(18-13)14-8-11(3)5-6-12(14)4/h5-6,8-10H,7,17H2,1-4H3,(H,18,19,20).